The van der Waals surface area contributed by atoms with Crippen LogP contribution in [0.3, 0.4) is 0 Å². The molecular formula is C19H14O4. The molecule has 3 rings (SSSR count). The summed E-state index contributed by atoms with van der Waals surface area (Å²) < 4.78 is 11.1. The molecule has 0 saturated heterocycles. The summed E-state index contributed by atoms with van der Waals surface area (Å²) in [5, 5.41) is 9.73. The standard InChI is InChI=1S/C19H14O4/c20-16-11-5-4-10-15(16)19(21)23-18-13-7-6-12-17(18)22-14-8-2-1-3-9-14/h1-13,20H. The maximum absolute atomic E-state index is 12.2. The highest BCUT2D eigenvalue weighted by Gasteiger charge is 2.15. The lowest BCUT2D eigenvalue weighted by molar-refractivity contribution is 0.0727. The van der Waals surface area contributed by atoms with Crippen molar-refractivity contribution in [3.63, 3.8) is 0 Å². The van der Waals surface area contributed by atoms with Gasteiger partial charge in [0.15, 0.2) is 11.5 Å². The highest BCUT2D eigenvalue weighted by atomic mass is 16.6. The van der Waals surface area contributed by atoms with Crippen LogP contribution in [0.2, 0.25) is 0 Å². The molecule has 0 aliphatic rings. The predicted octanol–water partition coefficient (Wildman–Crippen LogP) is 4.40. The van der Waals surface area contributed by atoms with Gasteiger partial charge in [0.2, 0.25) is 0 Å². The lowest BCUT2D eigenvalue weighted by Gasteiger charge is -2.11. The second kappa shape index (κ2) is 6.66. The second-order valence-electron chi connectivity index (χ2n) is 4.77. The highest BCUT2D eigenvalue weighted by Crippen LogP contribution is 2.32. The van der Waals surface area contributed by atoms with E-state index in [-0.39, 0.29) is 17.1 Å². The predicted molar refractivity (Wildman–Crippen MR) is 86.0 cm³/mol. The first-order valence-corrected chi connectivity index (χ1v) is 7.06. The SMILES string of the molecule is O=C(Oc1ccccc1Oc1ccccc1)c1ccccc1O. The summed E-state index contributed by atoms with van der Waals surface area (Å²) in [5.41, 5.74) is 0.0991. The average molecular weight is 306 g/mol. The summed E-state index contributed by atoms with van der Waals surface area (Å²) in [6, 6.07) is 22.3. The van der Waals surface area contributed by atoms with Crippen LogP contribution in [0.15, 0.2) is 78.9 Å². The molecule has 3 aromatic carbocycles. The van der Waals surface area contributed by atoms with Gasteiger partial charge in [-0.05, 0) is 36.4 Å². The van der Waals surface area contributed by atoms with Gasteiger partial charge in [-0.15, -0.1) is 0 Å². The summed E-state index contributed by atoms with van der Waals surface area (Å²) >= 11 is 0. The summed E-state index contributed by atoms with van der Waals surface area (Å²) in [6.45, 7) is 0. The van der Waals surface area contributed by atoms with Crippen LogP contribution in [-0.2, 0) is 0 Å². The number of phenolic OH excluding ortho intramolecular Hbond substituents is 1. The van der Waals surface area contributed by atoms with Crippen molar-refractivity contribution in [2.75, 3.05) is 0 Å². The number of esters is 1. The van der Waals surface area contributed by atoms with E-state index in [0.717, 1.165) is 0 Å². The fourth-order valence-corrected chi connectivity index (χ4v) is 2.04. The van der Waals surface area contributed by atoms with Crippen LogP contribution >= 0.6 is 0 Å². The number of ether oxygens (including phenoxy) is 2. The molecule has 1 N–H and O–H groups in total. The fourth-order valence-electron chi connectivity index (χ4n) is 2.04. The number of benzene rings is 3. The van der Waals surface area contributed by atoms with E-state index in [2.05, 4.69) is 0 Å². The molecule has 114 valence electrons. The van der Waals surface area contributed by atoms with E-state index in [1.165, 1.54) is 12.1 Å². The first kappa shape index (κ1) is 14.7. The molecule has 0 aromatic heterocycles. The van der Waals surface area contributed by atoms with E-state index in [1.54, 1.807) is 36.4 Å². The Bertz CT molecular complexity index is 812. The number of carbonyl (C=O) groups excluding carboxylic acids is 1. The summed E-state index contributed by atoms with van der Waals surface area (Å²) in [7, 11) is 0. The lowest BCUT2D eigenvalue weighted by Crippen LogP contribution is -2.09. The fraction of sp³-hybridized carbons (Fsp3) is 0. The molecule has 0 aliphatic carbocycles. The van der Waals surface area contributed by atoms with Gasteiger partial charge in [0, 0.05) is 0 Å². The first-order valence-electron chi connectivity index (χ1n) is 7.06. The number of hydrogen-bond donors (Lipinski definition) is 1. The molecule has 0 amide bonds. The van der Waals surface area contributed by atoms with Gasteiger partial charge >= 0.3 is 5.97 Å². The quantitative estimate of drug-likeness (QED) is 0.573. The van der Waals surface area contributed by atoms with Gasteiger partial charge < -0.3 is 14.6 Å². The minimum absolute atomic E-state index is 0.0991. The van der Waals surface area contributed by atoms with Crippen molar-refractivity contribution in [2.24, 2.45) is 0 Å². The highest BCUT2D eigenvalue weighted by molar-refractivity contribution is 5.94. The third kappa shape index (κ3) is 3.49. The molecule has 0 aliphatic heterocycles. The molecule has 3 aromatic rings. The molecule has 0 unspecified atom stereocenters. The number of aromatic hydroxyl groups is 1. The van der Waals surface area contributed by atoms with Crippen molar-refractivity contribution in [3.05, 3.63) is 84.4 Å². The third-order valence-corrected chi connectivity index (χ3v) is 3.15. The smallest absolute Gasteiger partial charge is 0.347 e. The Balaban J connectivity index is 1.84. The van der Waals surface area contributed by atoms with Crippen LogP contribution < -0.4 is 9.47 Å². The summed E-state index contributed by atoms with van der Waals surface area (Å²) in [5.74, 6) is 0.566. The lowest BCUT2D eigenvalue weighted by atomic mass is 10.2. The molecule has 0 heterocycles. The minimum Gasteiger partial charge on any atom is -0.507 e. The zero-order valence-electron chi connectivity index (χ0n) is 12.2. The van der Waals surface area contributed by atoms with Crippen molar-refractivity contribution < 1.29 is 19.4 Å². The zero-order valence-corrected chi connectivity index (χ0v) is 12.2. The number of carbonyl (C=O) groups is 1. The van der Waals surface area contributed by atoms with Gasteiger partial charge in [-0.1, -0.05) is 42.5 Å². The van der Waals surface area contributed by atoms with Crippen molar-refractivity contribution in [3.8, 4) is 23.0 Å². The Morgan fingerprint density at radius 1 is 0.739 bits per heavy atom. The molecule has 4 nitrogen and oxygen atoms in total. The number of para-hydroxylation sites is 4. The Labute approximate surface area is 133 Å². The molecule has 0 atom stereocenters. The largest absolute Gasteiger partial charge is 0.507 e. The van der Waals surface area contributed by atoms with Crippen LogP contribution in [0.5, 0.6) is 23.0 Å². The first-order chi connectivity index (χ1) is 11.2. The van der Waals surface area contributed by atoms with Gasteiger partial charge in [-0.25, -0.2) is 4.79 Å². The second-order valence-corrected chi connectivity index (χ2v) is 4.77. The maximum Gasteiger partial charge on any atom is 0.347 e. The van der Waals surface area contributed by atoms with Gasteiger partial charge in [-0.2, -0.15) is 0 Å². The normalized spacial score (nSPS) is 10.1. The van der Waals surface area contributed by atoms with Crippen LogP contribution in [0, 0.1) is 0 Å². The van der Waals surface area contributed by atoms with E-state index < -0.39 is 5.97 Å². The van der Waals surface area contributed by atoms with E-state index in [1.807, 2.05) is 30.3 Å². The van der Waals surface area contributed by atoms with E-state index >= 15 is 0 Å². The van der Waals surface area contributed by atoms with E-state index in [9.17, 15) is 9.90 Å². The van der Waals surface area contributed by atoms with Crippen LogP contribution in [0.1, 0.15) is 10.4 Å². The maximum atomic E-state index is 12.2. The molecule has 0 saturated carbocycles. The number of hydrogen-bond acceptors (Lipinski definition) is 4. The van der Waals surface area contributed by atoms with Crippen molar-refractivity contribution in [1.82, 2.24) is 0 Å². The molecule has 0 radical (unpaired) electrons. The summed E-state index contributed by atoms with van der Waals surface area (Å²) in [6.07, 6.45) is 0. The van der Waals surface area contributed by atoms with Crippen molar-refractivity contribution >= 4 is 5.97 Å². The van der Waals surface area contributed by atoms with Gasteiger partial charge in [0.05, 0.1) is 0 Å². The van der Waals surface area contributed by atoms with Gasteiger partial charge in [0.25, 0.3) is 0 Å². The monoisotopic (exact) mass is 306 g/mol. The molecule has 0 fully saturated rings. The van der Waals surface area contributed by atoms with Crippen molar-refractivity contribution in [1.29, 1.82) is 0 Å². The molecular weight excluding hydrogens is 292 g/mol. The molecule has 23 heavy (non-hydrogen) atoms. The van der Waals surface area contributed by atoms with Gasteiger partial charge in [0.1, 0.15) is 17.1 Å². The minimum atomic E-state index is -0.646. The molecule has 0 spiro atoms. The molecule has 0 bridgehead atoms. The Morgan fingerprint density at radius 2 is 1.35 bits per heavy atom. The number of rotatable bonds is 4. The van der Waals surface area contributed by atoms with Crippen molar-refractivity contribution in [2.45, 2.75) is 0 Å². The third-order valence-electron chi connectivity index (χ3n) is 3.15. The summed E-state index contributed by atoms with van der Waals surface area (Å²) in [4.78, 5) is 12.2. The van der Waals surface area contributed by atoms with E-state index in [4.69, 9.17) is 9.47 Å². The Kier molecular flexibility index (Phi) is 4.25. The Morgan fingerprint density at radius 3 is 2.09 bits per heavy atom. The average Bonchev–Trinajstić information content (AvgIpc) is 2.58. The Hall–Kier alpha value is -3.27. The van der Waals surface area contributed by atoms with E-state index in [0.29, 0.717) is 11.5 Å². The van der Waals surface area contributed by atoms with Gasteiger partial charge in [-0.3, -0.25) is 0 Å². The van der Waals surface area contributed by atoms with Crippen LogP contribution in [0.25, 0.3) is 0 Å². The van der Waals surface area contributed by atoms with Crippen LogP contribution in [0.4, 0.5) is 0 Å². The number of phenols is 1. The molecule has 4 heteroatoms. The topological polar surface area (TPSA) is 55.8 Å². The zero-order chi connectivity index (χ0) is 16.1. The van der Waals surface area contributed by atoms with Crippen LogP contribution in [-0.4, -0.2) is 11.1 Å².